The van der Waals surface area contributed by atoms with E-state index in [1.165, 1.54) is 0 Å². The Bertz CT molecular complexity index is 731. The van der Waals surface area contributed by atoms with Gasteiger partial charge in [0.1, 0.15) is 17.2 Å². The van der Waals surface area contributed by atoms with E-state index in [0.717, 1.165) is 0 Å². The Kier molecular flexibility index (Phi) is 4.14. The number of hydrogen-bond donors (Lipinski definition) is 2. The summed E-state index contributed by atoms with van der Waals surface area (Å²) in [5.74, 6) is 0.567. The van der Waals surface area contributed by atoms with E-state index in [0.29, 0.717) is 22.9 Å². The fraction of sp³-hybridized carbons (Fsp3) is 0.176. The molecule has 0 aromatic heterocycles. The van der Waals surface area contributed by atoms with Gasteiger partial charge in [-0.2, -0.15) is 0 Å². The van der Waals surface area contributed by atoms with Crippen LogP contribution in [0.3, 0.4) is 0 Å². The molecule has 2 aromatic carbocycles. The number of hydrogen-bond acceptors (Lipinski definition) is 4. The SMILES string of the molecule is CC1Oc2cccc(NC(=O)COc3ccccc3)c2NC1=O. The van der Waals surface area contributed by atoms with Crippen LogP contribution >= 0.6 is 0 Å². The summed E-state index contributed by atoms with van der Waals surface area (Å²) in [6.07, 6.45) is -0.560. The van der Waals surface area contributed by atoms with Gasteiger partial charge >= 0.3 is 0 Å². The molecule has 0 saturated heterocycles. The van der Waals surface area contributed by atoms with Crippen molar-refractivity contribution in [2.24, 2.45) is 0 Å². The maximum absolute atomic E-state index is 12.0. The Balaban J connectivity index is 1.67. The van der Waals surface area contributed by atoms with Crippen LogP contribution in [0, 0.1) is 0 Å². The minimum Gasteiger partial charge on any atom is -0.484 e. The molecule has 0 aliphatic carbocycles. The first-order valence-corrected chi connectivity index (χ1v) is 7.22. The number of carbonyl (C=O) groups excluding carboxylic acids is 2. The lowest BCUT2D eigenvalue weighted by molar-refractivity contribution is -0.122. The lowest BCUT2D eigenvalue weighted by Gasteiger charge is -2.25. The highest BCUT2D eigenvalue weighted by molar-refractivity contribution is 6.04. The molecule has 0 saturated carbocycles. The number of amides is 2. The smallest absolute Gasteiger partial charge is 0.265 e. The number of carbonyl (C=O) groups is 2. The minimum atomic E-state index is -0.560. The van der Waals surface area contributed by atoms with Gasteiger partial charge in [0.05, 0.1) is 5.69 Å². The average Bonchev–Trinajstić information content (AvgIpc) is 2.56. The molecule has 1 aliphatic heterocycles. The van der Waals surface area contributed by atoms with Crippen LogP contribution in [0.2, 0.25) is 0 Å². The molecular weight excluding hydrogens is 296 g/mol. The maximum Gasteiger partial charge on any atom is 0.265 e. The first-order chi connectivity index (χ1) is 11.1. The average molecular weight is 312 g/mol. The molecule has 1 heterocycles. The van der Waals surface area contributed by atoms with E-state index in [9.17, 15) is 9.59 Å². The molecule has 3 rings (SSSR count). The van der Waals surface area contributed by atoms with Crippen molar-refractivity contribution >= 4 is 23.2 Å². The van der Waals surface area contributed by atoms with Gasteiger partial charge in [-0.15, -0.1) is 0 Å². The maximum atomic E-state index is 12.0. The highest BCUT2D eigenvalue weighted by Gasteiger charge is 2.25. The number of anilines is 2. The zero-order chi connectivity index (χ0) is 16.2. The molecule has 0 bridgehead atoms. The van der Waals surface area contributed by atoms with E-state index in [1.807, 2.05) is 18.2 Å². The molecule has 2 N–H and O–H groups in total. The normalized spacial score (nSPS) is 15.9. The molecule has 0 spiro atoms. The Hall–Kier alpha value is -3.02. The highest BCUT2D eigenvalue weighted by atomic mass is 16.5. The Labute approximate surface area is 133 Å². The minimum absolute atomic E-state index is 0.126. The van der Waals surface area contributed by atoms with Gasteiger partial charge in [0.2, 0.25) is 0 Å². The van der Waals surface area contributed by atoms with Gasteiger partial charge < -0.3 is 20.1 Å². The van der Waals surface area contributed by atoms with Crippen molar-refractivity contribution in [1.29, 1.82) is 0 Å². The number of benzene rings is 2. The summed E-state index contributed by atoms with van der Waals surface area (Å²) in [7, 11) is 0. The third-order valence-electron chi connectivity index (χ3n) is 3.33. The van der Waals surface area contributed by atoms with Crippen LogP contribution < -0.4 is 20.1 Å². The number of ether oxygens (including phenoxy) is 2. The van der Waals surface area contributed by atoms with Crippen LogP contribution in [-0.4, -0.2) is 24.5 Å². The van der Waals surface area contributed by atoms with Gasteiger partial charge in [0.25, 0.3) is 11.8 Å². The van der Waals surface area contributed by atoms with E-state index in [4.69, 9.17) is 9.47 Å². The van der Waals surface area contributed by atoms with E-state index in [2.05, 4.69) is 10.6 Å². The topological polar surface area (TPSA) is 76.7 Å². The summed E-state index contributed by atoms with van der Waals surface area (Å²) in [6, 6.07) is 14.2. The standard InChI is InChI=1S/C17H16N2O4/c1-11-17(21)19-16-13(8-5-9-14(16)23-11)18-15(20)10-22-12-6-3-2-4-7-12/h2-9,11H,10H2,1H3,(H,18,20)(H,19,21). The molecule has 0 radical (unpaired) electrons. The first-order valence-electron chi connectivity index (χ1n) is 7.22. The predicted molar refractivity (Wildman–Crippen MR) is 85.7 cm³/mol. The van der Waals surface area contributed by atoms with Crippen LogP contribution in [0.5, 0.6) is 11.5 Å². The second-order valence-corrected chi connectivity index (χ2v) is 5.08. The van der Waals surface area contributed by atoms with Crippen molar-refractivity contribution < 1.29 is 19.1 Å². The monoisotopic (exact) mass is 312 g/mol. The second kappa shape index (κ2) is 6.39. The molecule has 1 aliphatic rings. The second-order valence-electron chi connectivity index (χ2n) is 5.08. The van der Waals surface area contributed by atoms with Gasteiger partial charge in [0, 0.05) is 0 Å². The summed E-state index contributed by atoms with van der Waals surface area (Å²) in [5, 5.41) is 5.45. The van der Waals surface area contributed by atoms with Crippen molar-refractivity contribution in [3.8, 4) is 11.5 Å². The van der Waals surface area contributed by atoms with Crippen molar-refractivity contribution in [2.45, 2.75) is 13.0 Å². The lowest BCUT2D eigenvalue weighted by Crippen LogP contribution is -2.35. The molecule has 2 amide bonds. The van der Waals surface area contributed by atoms with Gasteiger partial charge in [0.15, 0.2) is 12.7 Å². The largest absolute Gasteiger partial charge is 0.484 e. The predicted octanol–water partition coefficient (Wildman–Crippen LogP) is 2.42. The van der Waals surface area contributed by atoms with E-state index in [-0.39, 0.29) is 18.4 Å². The summed E-state index contributed by atoms with van der Waals surface area (Å²) in [6.45, 7) is 1.54. The third kappa shape index (κ3) is 3.42. The van der Waals surface area contributed by atoms with E-state index in [1.54, 1.807) is 37.3 Å². The van der Waals surface area contributed by atoms with E-state index < -0.39 is 6.10 Å². The number of fused-ring (bicyclic) bond motifs is 1. The fourth-order valence-electron chi connectivity index (χ4n) is 2.18. The van der Waals surface area contributed by atoms with Gasteiger partial charge in [-0.05, 0) is 31.2 Å². The molecule has 2 aromatic rings. The Morgan fingerprint density at radius 3 is 2.78 bits per heavy atom. The van der Waals surface area contributed by atoms with Gasteiger partial charge in [-0.25, -0.2) is 0 Å². The van der Waals surface area contributed by atoms with Gasteiger partial charge in [-0.1, -0.05) is 24.3 Å². The molecule has 1 unspecified atom stereocenters. The lowest BCUT2D eigenvalue weighted by atomic mass is 10.2. The molecule has 1 atom stereocenters. The zero-order valence-corrected chi connectivity index (χ0v) is 12.5. The zero-order valence-electron chi connectivity index (χ0n) is 12.5. The van der Waals surface area contributed by atoms with Crippen LogP contribution in [0.4, 0.5) is 11.4 Å². The molecule has 6 nitrogen and oxygen atoms in total. The molecule has 118 valence electrons. The number of rotatable bonds is 4. The summed E-state index contributed by atoms with van der Waals surface area (Å²) < 4.78 is 10.9. The van der Waals surface area contributed by atoms with Crippen LogP contribution in [0.25, 0.3) is 0 Å². The van der Waals surface area contributed by atoms with Crippen LogP contribution in [-0.2, 0) is 9.59 Å². The van der Waals surface area contributed by atoms with Crippen molar-refractivity contribution in [3.63, 3.8) is 0 Å². The molecule has 23 heavy (non-hydrogen) atoms. The number of nitrogens with one attached hydrogen (secondary N) is 2. The van der Waals surface area contributed by atoms with Crippen LogP contribution in [0.15, 0.2) is 48.5 Å². The molecule has 6 heteroatoms. The highest BCUT2D eigenvalue weighted by Crippen LogP contribution is 2.36. The number of para-hydroxylation sites is 2. The van der Waals surface area contributed by atoms with E-state index >= 15 is 0 Å². The van der Waals surface area contributed by atoms with Gasteiger partial charge in [-0.3, -0.25) is 9.59 Å². The molecular formula is C17H16N2O4. The Morgan fingerprint density at radius 2 is 2.00 bits per heavy atom. The Morgan fingerprint density at radius 1 is 1.22 bits per heavy atom. The van der Waals surface area contributed by atoms with Crippen molar-refractivity contribution in [2.75, 3.05) is 17.2 Å². The summed E-state index contributed by atoms with van der Waals surface area (Å²) in [5.41, 5.74) is 0.938. The van der Waals surface area contributed by atoms with Crippen LogP contribution in [0.1, 0.15) is 6.92 Å². The van der Waals surface area contributed by atoms with Crippen molar-refractivity contribution in [3.05, 3.63) is 48.5 Å². The quantitative estimate of drug-likeness (QED) is 0.909. The summed E-state index contributed by atoms with van der Waals surface area (Å²) >= 11 is 0. The summed E-state index contributed by atoms with van der Waals surface area (Å²) in [4.78, 5) is 23.8. The third-order valence-corrected chi connectivity index (χ3v) is 3.33. The van der Waals surface area contributed by atoms with Crippen molar-refractivity contribution in [1.82, 2.24) is 0 Å². The first kappa shape index (κ1) is 14.9. The fourth-order valence-corrected chi connectivity index (χ4v) is 2.18. The molecule has 0 fully saturated rings.